The van der Waals surface area contributed by atoms with E-state index in [9.17, 15) is 23.3 Å². The first kappa shape index (κ1) is 25.6. The van der Waals surface area contributed by atoms with Crippen LogP contribution in [0.3, 0.4) is 0 Å². The lowest BCUT2D eigenvalue weighted by atomic mass is 10.2. The van der Waals surface area contributed by atoms with Gasteiger partial charge in [-0.25, -0.2) is 13.1 Å². The summed E-state index contributed by atoms with van der Waals surface area (Å²) in [6.45, 7) is 5.00. The minimum Gasteiger partial charge on any atom is -0.497 e. The summed E-state index contributed by atoms with van der Waals surface area (Å²) in [7, 11) is -2.69. The van der Waals surface area contributed by atoms with Gasteiger partial charge in [0.05, 0.1) is 17.7 Å². The standard InChI is InChI=1S/C22H25N5O7S/c1-5-13(2)25-35(31,32)19-12-16(27(29)30)8-11-18(19)34-22-14(3)20(21(23)28)24-26(22)15-6-9-17(33-4)10-7-15/h6-13,25H,5H2,1-4H3,(H2,23,28). The van der Waals surface area contributed by atoms with Crippen molar-refractivity contribution in [1.82, 2.24) is 14.5 Å². The van der Waals surface area contributed by atoms with E-state index in [0.29, 0.717) is 17.9 Å². The van der Waals surface area contributed by atoms with Crippen molar-refractivity contribution in [2.24, 2.45) is 5.73 Å². The molecule has 1 atom stereocenters. The van der Waals surface area contributed by atoms with E-state index in [1.54, 1.807) is 45.0 Å². The van der Waals surface area contributed by atoms with Gasteiger partial charge in [-0.3, -0.25) is 14.9 Å². The monoisotopic (exact) mass is 503 g/mol. The molecule has 0 saturated carbocycles. The number of hydrogen-bond donors (Lipinski definition) is 2. The number of nitrogens with one attached hydrogen (secondary N) is 1. The molecule has 0 aliphatic carbocycles. The van der Waals surface area contributed by atoms with E-state index in [-0.39, 0.29) is 22.9 Å². The van der Waals surface area contributed by atoms with Crippen molar-refractivity contribution in [3.63, 3.8) is 0 Å². The van der Waals surface area contributed by atoms with Crippen LogP contribution in [-0.2, 0) is 10.0 Å². The Kier molecular flexibility index (Phi) is 7.41. The number of non-ortho nitro benzene ring substituents is 1. The van der Waals surface area contributed by atoms with E-state index < -0.39 is 37.5 Å². The van der Waals surface area contributed by atoms with Gasteiger partial charge in [0.15, 0.2) is 5.69 Å². The number of sulfonamides is 1. The van der Waals surface area contributed by atoms with Gasteiger partial charge in [-0.1, -0.05) is 6.92 Å². The number of nitrogens with zero attached hydrogens (tertiary/aromatic N) is 3. The fraction of sp³-hybridized carbons (Fsp3) is 0.273. The van der Waals surface area contributed by atoms with Crippen LogP contribution >= 0.6 is 0 Å². The molecule has 0 spiro atoms. The molecule has 0 aliphatic rings. The zero-order valence-electron chi connectivity index (χ0n) is 19.5. The van der Waals surface area contributed by atoms with E-state index in [4.69, 9.17) is 15.2 Å². The van der Waals surface area contributed by atoms with Gasteiger partial charge in [-0.05, 0) is 50.6 Å². The van der Waals surface area contributed by atoms with Crippen LogP contribution in [0.25, 0.3) is 5.69 Å². The summed E-state index contributed by atoms with van der Waals surface area (Å²) in [5.74, 6) is -0.414. The third-order valence-corrected chi connectivity index (χ3v) is 6.83. The number of carbonyl (C=O) groups is 1. The SMILES string of the molecule is CCC(C)NS(=O)(=O)c1cc([N+](=O)[O-])ccc1Oc1c(C)c(C(N)=O)nn1-c1ccc(OC)cc1. The molecule has 3 rings (SSSR count). The highest BCUT2D eigenvalue weighted by molar-refractivity contribution is 7.89. The first-order chi connectivity index (χ1) is 16.5. The van der Waals surface area contributed by atoms with Crippen LogP contribution < -0.4 is 19.9 Å². The highest BCUT2D eigenvalue weighted by Crippen LogP contribution is 2.36. The molecule has 13 heteroatoms. The van der Waals surface area contributed by atoms with Crippen LogP contribution in [0.15, 0.2) is 47.4 Å². The molecule has 12 nitrogen and oxygen atoms in total. The van der Waals surface area contributed by atoms with Crippen molar-refractivity contribution in [1.29, 1.82) is 0 Å². The van der Waals surface area contributed by atoms with Gasteiger partial charge in [0.1, 0.15) is 16.4 Å². The molecular formula is C22H25N5O7S. The number of hydrogen-bond acceptors (Lipinski definition) is 8. The Morgan fingerprint density at radius 1 is 1.26 bits per heavy atom. The lowest BCUT2D eigenvalue weighted by molar-refractivity contribution is -0.385. The van der Waals surface area contributed by atoms with E-state index >= 15 is 0 Å². The predicted octanol–water partition coefficient (Wildman–Crippen LogP) is 3.07. The van der Waals surface area contributed by atoms with Crippen molar-refractivity contribution in [2.75, 3.05) is 7.11 Å². The Bertz CT molecular complexity index is 1370. The first-order valence-electron chi connectivity index (χ1n) is 10.5. The van der Waals surface area contributed by atoms with Gasteiger partial charge in [-0.2, -0.15) is 9.78 Å². The number of ether oxygens (including phenoxy) is 2. The zero-order valence-corrected chi connectivity index (χ0v) is 20.3. The van der Waals surface area contributed by atoms with Gasteiger partial charge in [0, 0.05) is 23.7 Å². The number of primary amides is 1. The molecule has 1 amide bonds. The van der Waals surface area contributed by atoms with Gasteiger partial charge < -0.3 is 15.2 Å². The van der Waals surface area contributed by atoms with Crippen molar-refractivity contribution in [3.05, 3.63) is 63.8 Å². The Morgan fingerprint density at radius 3 is 2.46 bits per heavy atom. The maximum Gasteiger partial charge on any atom is 0.271 e. The number of carbonyl (C=O) groups excluding carboxylic acids is 1. The number of methoxy groups -OCH3 is 1. The molecule has 3 aromatic rings. The normalized spacial score (nSPS) is 12.2. The maximum absolute atomic E-state index is 13.1. The van der Waals surface area contributed by atoms with Gasteiger partial charge in [0.25, 0.3) is 11.6 Å². The molecular weight excluding hydrogens is 478 g/mol. The maximum atomic E-state index is 13.1. The van der Waals surface area contributed by atoms with Gasteiger partial charge in [0.2, 0.25) is 15.9 Å². The van der Waals surface area contributed by atoms with Crippen LogP contribution in [0.2, 0.25) is 0 Å². The second kappa shape index (κ2) is 10.1. The third kappa shape index (κ3) is 5.41. The second-order valence-electron chi connectivity index (χ2n) is 7.67. The summed E-state index contributed by atoms with van der Waals surface area (Å²) in [6, 6.07) is 9.42. The van der Waals surface area contributed by atoms with E-state index in [2.05, 4.69) is 9.82 Å². The largest absolute Gasteiger partial charge is 0.497 e. The summed E-state index contributed by atoms with van der Waals surface area (Å²) in [4.78, 5) is 22.1. The molecule has 1 aromatic heterocycles. The number of nitrogens with two attached hydrogens (primary N) is 1. The second-order valence-corrected chi connectivity index (χ2v) is 9.36. The minimum atomic E-state index is -4.20. The molecule has 0 bridgehead atoms. The summed E-state index contributed by atoms with van der Waals surface area (Å²) >= 11 is 0. The molecule has 2 aromatic carbocycles. The molecule has 0 saturated heterocycles. The fourth-order valence-corrected chi connectivity index (χ4v) is 4.63. The lowest BCUT2D eigenvalue weighted by Gasteiger charge is -2.16. The summed E-state index contributed by atoms with van der Waals surface area (Å²) in [5, 5.41) is 15.6. The van der Waals surface area contributed by atoms with E-state index in [1.165, 1.54) is 17.9 Å². The Morgan fingerprint density at radius 2 is 1.91 bits per heavy atom. The number of rotatable bonds is 10. The van der Waals surface area contributed by atoms with E-state index in [1.807, 2.05) is 0 Å². The van der Waals surface area contributed by atoms with Crippen LogP contribution in [0.4, 0.5) is 5.69 Å². The number of aromatic nitrogens is 2. The van der Waals surface area contributed by atoms with Crippen LogP contribution in [-0.4, -0.2) is 42.2 Å². The van der Waals surface area contributed by atoms with Crippen molar-refractivity contribution >= 4 is 21.6 Å². The highest BCUT2D eigenvalue weighted by Gasteiger charge is 2.28. The van der Waals surface area contributed by atoms with Crippen molar-refractivity contribution in [3.8, 4) is 23.1 Å². The van der Waals surface area contributed by atoms with Crippen molar-refractivity contribution < 1.29 is 27.6 Å². The molecule has 0 aliphatic heterocycles. The Labute approximate surface area is 201 Å². The van der Waals surface area contributed by atoms with Gasteiger partial charge >= 0.3 is 0 Å². The quantitative estimate of drug-likeness (QED) is 0.314. The minimum absolute atomic E-state index is 0.0119. The zero-order chi connectivity index (χ0) is 25.9. The smallest absolute Gasteiger partial charge is 0.271 e. The van der Waals surface area contributed by atoms with E-state index in [0.717, 1.165) is 12.1 Å². The number of nitro benzene ring substituents is 1. The van der Waals surface area contributed by atoms with Crippen LogP contribution in [0.5, 0.6) is 17.4 Å². The summed E-state index contributed by atoms with van der Waals surface area (Å²) in [6.07, 6.45) is 0.496. The fourth-order valence-electron chi connectivity index (χ4n) is 3.15. The molecule has 1 heterocycles. The lowest BCUT2D eigenvalue weighted by Crippen LogP contribution is -2.32. The molecule has 35 heavy (non-hydrogen) atoms. The van der Waals surface area contributed by atoms with Crippen LogP contribution in [0, 0.1) is 17.0 Å². The third-order valence-electron chi connectivity index (χ3n) is 5.22. The molecule has 186 valence electrons. The first-order valence-corrected chi connectivity index (χ1v) is 12.0. The molecule has 0 radical (unpaired) electrons. The number of benzene rings is 2. The number of nitro groups is 1. The number of amides is 1. The van der Waals surface area contributed by atoms with Gasteiger partial charge in [-0.15, -0.1) is 0 Å². The Balaban J connectivity index is 2.19. The Hall–Kier alpha value is -3.97. The summed E-state index contributed by atoms with van der Waals surface area (Å²) < 4.78 is 41.1. The topological polar surface area (TPSA) is 169 Å². The molecule has 3 N–H and O–H groups in total. The predicted molar refractivity (Wildman–Crippen MR) is 127 cm³/mol. The average Bonchev–Trinajstić information content (AvgIpc) is 3.15. The van der Waals surface area contributed by atoms with Crippen molar-refractivity contribution in [2.45, 2.75) is 38.1 Å². The average molecular weight is 504 g/mol. The molecule has 0 fully saturated rings. The highest BCUT2D eigenvalue weighted by atomic mass is 32.2. The summed E-state index contributed by atoms with van der Waals surface area (Å²) in [5.41, 5.74) is 5.68. The van der Waals surface area contributed by atoms with Crippen LogP contribution in [0.1, 0.15) is 36.3 Å². The molecule has 1 unspecified atom stereocenters.